The molecule has 0 saturated heterocycles. The summed E-state index contributed by atoms with van der Waals surface area (Å²) in [5, 5.41) is 3.78. The van der Waals surface area contributed by atoms with Gasteiger partial charge in [-0.1, -0.05) is 66.9 Å². The van der Waals surface area contributed by atoms with Crippen LogP contribution in [0.2, 0.25) is 5.02 Å². The molecule has 0 unspecified atom stereocenters. The molecule has 1 aliphatic carbocycles. The topological polar surface area (TPSA) is 49.4 Å². The molecule has 0 spiro atoms. The summed E-state index contributed by atoms with van der Waals surface area (Å²) >= 11 is 7.57. The van der Waals surface area contributed by atoms with E-state index in [0.29, 0.717) is 17.3 Å². The van der Waals surface area contributed by atoms with Crippen molar-refractivity contribution in [1.82, 2.24) is 10.2 Å². The predicted octanol–water partition coefficient (Wildman–Crippen LogP) is 5.05. The van der Waals surface area contributed by atoms with Gasteiger partial charge in [0.2, 0.25) is 11.8 Å². The number of carbonyl (C=O) groups is 2. The molecule has 160 valence electrons. The summed E-state index contributed by atoms with van der Waals surface area (Å²) < 4.78 is 0. The SMILES string of the molecule is C[C@H](C(=O)NC1CCCC1)N(Cc1ccc(Cl)cc1)C(=O)CSCc1ccccc1. The summed E-state index contributed by atoms with van der Waals surface area (Å²) in [4.78, 5) is 27.6. The van der Waals surface area contributed by atoms with Gasteiger partial charge in [-0.2, -0.15) is 0 Å². The van der Waals surface area contributed by atoms with E-state index in [2.05, 4.69) is 17.4 Å². The Bertz CT molecular complexity index is 823. The highest BCUT2D eigenvalue weighted by Crippen LogP contribution is 2.20. The molecule has 0 aromatic heterocycles. The molecule has 1 saturated carbocycles. The Morgan fingerprint density at radius 3 is 2.40 bits per heavy atom. The summed E-state index contributed by atoms with van der Waals surface area (Å²) in [6.45, 7) is 2.21. The lowest BCUT2D eigenvalue weighted by molar-refractivity contribution is -0.138. The standard InChI is InChI=1S/C24H29ClN2O2S/c1-18(24(29)26-22-9-5-6-10-22)27(15-19-11-13-21(25)14-12-19)23(28)17-30-16-20-7-3-2-4-8-20/h2-4,7-8,11-14,18,22H,5-6,9-10,15-17H2,1H3,(H,26,29)/t18-/m1/s1. The van der Waals surface area contributed by atoms with Crippen molar-refractivity contribution in [2.24, 2.45) is 0 Å². The normalized spacial score (nSPS) is 15.0. The Balaban J connectivity index is 1.64. The minimum Gasteiger partial charge on any atom is -0.352 e. The molecule has 0 bridgehead atoms. The molecule has 3 rings (SSSR count). The van der Waals surface area contributed by atoms with Crippen LogP contribution >= 0.6 is 23.4 Å². The van der Waals surface area contributed by atoms with Gasteiger partial charge in [-0.05, 0) is 43.0 Å². The molecule has 6 heteroatoms. The first kappa shape index (κ1) is 22.7. The zero-order valence-corrected chi connectivity index (χ0v) is 18.9. The Kier molecular flexibility index (Phi) is 8.64. The second kappa shape index (κ2) is 11.4. The zero-order chi connectivity index (χ0) is 21.3. The molecule has 2 aromatic rings. The van der Waals surface area contributed by atoms with E-state index in [0.717, 1.165) is 37.0 Å². The number of hydrogen-bond acceptors (Lipinski definition) is 3. The van der Waals surface area contributed by atoms with Gasteiger partial charge in [0, 0.05) is 23.4 Å². The van der Waals surface area contributed by atoms with Gasteiger partial charge in [0.25, 0.3) is 0 Å². The highest BCUT2D eigenvalue weighted by Gasteiger charge is 2.28. The van der Waals surface area contributed by atoms with Crippen molar-refractivity contribution in [3.63, 3.8) is 0 Å². The third-order valence-electron chi connectivity index (χ3n) is 5.47. The number of thioether (sulfide) groups is 1. The molecular formula is C24H29ClN2O2S. The maximum Gasteiger partial charge on any atom is 0.242 e. The van der Waals surface area contributed by atoms with Crippen molar-refractivity contribution < 1.29 is 9.59 Å². The van der Waals surface area contributed by atoms with Crippen molar-refractivity contribution in [3.05, 3.63) is 70.7 Å². The second-order valence-corrected chi connectivity index (χ2v) is 9.21. The number of carbonyl (C=O) groups excluding carboxylic acids is 2. The van der Waals surface area contributed by atoms with Crippen LogP contribution in [-0.2, 0) is 21.9 Å². The number of hydrogen-bond donors (Lipinski definition) is 1. The average Bonchev–Trinajstić information content (AvgIpc) is 3.26. The van der Waals surface area contributed by atoms with Crippen molar-refractivity contribution in [2.45, 2.75) is 57.0 Å². The summed E-state index contributed by atoms with van der Waals surface area (Å²) in [5.74, 6) is 1.00. The van der Waals surface area contributed by atoms with Crippen LogP contribution in [-0.4, -0.2) is 34.6 Å². The van der Waals surface area contributed by atoms with E-state index in [1.807, 2.05) is 49.4 Å². The van der Waals surface area contributed by atoms with Crippen LogP contribution in [0.15, 0.2) is 54.6 Å². The van der Waals surface area contributed by atoms with E-state index in [4.69, 9.17) is 11.6 Å². The first-order chi connectivity index (χ1) is 14.5. The van der Waals surface area contributed by atoms with Gasteiger partial charge in [0.1, 0.15) is 6.04 Å². The number of halogens is 1. The molecule has 30 heavy (non-hydrogen) atoms. The molecule has 0 heterocycles. The van der Waals surface area contributed by atoms with E-state index in [9.17, 15) is 9.59 Å². The maximum absolute atomic E-state index is 13.1. The number of benzene rings is 2. The van der Waals surface area contributed by atoms with E-state index in [1.54, 1.807) is 16.7 Å². The lowest BCUT2D eigenvalue weighted by Crippen LogP contribution is -2.50. The Morgan fingerprint density at radius 2 is 1.73 bits per heavy atom. The Morgan fingerprint density at radius 1 is 1.07 bits per heavy atom. The van der Waals surface area contributed by atoms with Crippen LogP contribution in [0, 0.1) is 0 Å². The summed E-state index contributed by atoms with van der Waals surface area (Å²) in [5.41, 5.74) is 2.15. The average molecular weight is 445 g/mol. The van der Waals surface area contributed by atoms with Crippen LogP contribution in [0.5, 0.6) is 0 Å². The van der Waals surface area contributed by atoms with Crippen LogP contribution < -0.4 is 5.32 Å². The van der Waals surface area contributed by atoms with Crippen molar-refractivity contribution in [3.8, 4) is 0 Å². The quantitative estimate of drug-likeness (QED) is 0.588. The van der Waals surface area contributed by atoms with E-state index in [1.165, 1.54) is 5.56 Å². The fraction of sp³-hybridized carbons (Fsp3) is 0.417. The highest BCUT2D eigenvalue weighted by molar-refractivity contribution is 7.99. The first-order valence-corrected chi connectivity index (χ1v) is 12.0. The van der Waals surface area contributed by atoms with Gasteiger partial charge in [0.15, 0.2) is 0 Å². The zero-order valence-electron chi connectivity index (χ0n) is 17.4. The van der Waals surface area contributed by atoms with Gasteiger partial charge in [-0.3, -0.25) is 9.59 Å². The molecule has 2 amide bonds. The minimum absolute atomic E-state index is 0.0278. The van der Waals surface area contributed by atoms with Crippen LogP contribution in [0.4, 0.5) is 0 Å². The minimum atomic E-state index is -0.522. The van der Waals surface area contributed by atoms with Gasteiger partial charge in [0.05, 0.1) is 5.75 Å². The molecule has 2 aromatic carbocycles. The summed E-state index contributed by atoms with van der Waals surface area (Å²) in [6, 6.07) is 17.2. The summed E-state index contributed by atoms with van der Waals surface area (Å²) in [6.07, 6.45) is 4.36. The predicted molar refractivity (Wildman–Crippen MR) is 124 cm³/mol. The lowest BCUT2D eigenvalue weighted by Gasteiger charge is -2.29. The fourth-order valence-electron chi connectivity index (χ4n) is 3.67. The van der Waals surface area contributed by atoms with Crippen LogP contribution in [0.1, 0.15) is 43.7 Å². The van der Waals surface area contributed by atoms with E-state index in [-0.39, 0.29) is 17.9 Å². The number of amides is 2. The highest BCUT2D eigenvalue weighted by atomic mass is 35.5. The summed E-state index contributed by atoms with van der Waals surface area (Å²) in [7, 11) is 0. The smallest absolute Gasteiger partial charge is 0.242 e. The van der Waals surface area contributed by atoms with Crippen LogP contribution in [0.3, 0.4) is 0 Å². The Hall–Kier alpha value is -1.98. The van der Waals surface area contributed by atoms with Gasteiger partial charge in [-0.15, -0.1) is 11.8 Å². The third kappa shape index (κ3) is 6.78. The van der Waals surface area contributed by atoms with E-state index >= 15 is 0 Å². The Labute approximate surface area is 188 Å². The molecule has 0 radical (unpaired) electrons. The van der Waals surface area contributed by atoms with Crippen molar-refractivity contribution in [1.29, 1.82) is 0 Å². The van der Waals surface area contributed by atoms with E-state index < -0.39 is 6.04 Å². The fourth-order valence-corrected chi connectivity index (χ4v) is 4.67. The molecule has 4 nitrogen and oxygen atoms in total. The molecule has 0 aliphatic heterocycles. The van der Waals surface area contributed by atoms with Crippen LogP contribution in [0.25, 0.3) is 0 Å². The molecular weight excluding hydrogens is 416 g/mol. The first-order valence-electron chi connectivity index (χ1n) is 10.5. The number of rotatable bonds is 9. The molecule has 1 N–H and O–H groups in total. The third-order valence-corrected chi connectivity index (χ3v) is 6.71. The van der Waals surface area contributed by atoms with Crippen molar-refractivity contribution in [2.75, 3.05) is 5.75 Å². The second-order valence-electron chi connectivity index (χ2n) is 7.79. The van der Waals surface area contributed by atoms with Gasteiger partial charge in [-0.25, -0.2) is 0 Å². The van der Waals surface area contributed by atoms with Gasteiger partial charge < -0.3 is 10.2 Å². The molecule has 1 atom stereocenters. The monoisotopic (exact) mass is 444 g/mol. The number of nitrogens with one attached hydrogen (secondary N) is 1. The van der Waals surface area contributed by atoms with Crippen molar-refractivity contribution >= 4 is 35.2 Å². The van der Waals surface area contributed by atoms with Gasteiger partial charge >= 0.3 is 0 Å². The number of nitrogens with zero attached hydrogens (tertiary/aromatic N) is 1. The lowest BCUT2D eigenvalue weighted by atomic mass is 10.1. The largest absolute Gasteiger partial charge is 0.352 e. The molecule has 1 fully saturated rings. The maximum atomic E-state index is 13.1. The molecule has 1 aliphatic rings.